The number of hydrogen-bond acceptors (Lipinski definition) is 6. The molecule has 104 valence electrons. The molecule has 0 saturated heterocycles. The summed E-state index contributed by atoms with van der Waals surface area (Å²) in [6.45, 7) is 1.77. The van der Waals surface area contributed by atoms with Gasteiger partial charge in [0.25, 0.3) is 5.56 Å². The Kier molecular flexibility index (Phi) is 3.65. The minimum Gasteiger partial charge on any atom is -0.345 e. The molecule has 0 fully saturated rings. The van der Waals surface area contributed by atoms with E-state index < -0.39 is 15.4 Å². The van der Waals surface area contributed by atoms with E-state index in [0.717, 1.165) is 23.4 Å². The standard InChI is InChI=1S/C12H11N3O3S2/c1-7-3-8(5-9(4-7)20(2,17)18)14-12-10(6-13)11(16)15-19-12/h3-5,14H,1-2H3,(H,15,16). The summed E-state index contributed by atoms with van der Waals surface area (Å²) in [5, 5.41) is 12.2. The van der Waals surface area contributed by atoms with E-state index in [1.807, 2.05) is 6.07 Å². The molecule has 0 aliphatic carbocycles. The first-order chi connectivity index (χ1) is 9.31. The highest BCUT2D eigenvalue weighted by atomic mass is 32.2. The fourth-order valence-electron chi connectivity index (χ4n) is 1.66. The van der Waals surface area contributed by atoms with Crippen LogP contribution in [0.1, 0.15) is 11.1 Å². The van der Waals surface area contributed by atoms with Crippen molar-refractivity contribution in [1.29, 1.82) is 5.26 Å². The maximum atomic E-state index is 11.6. The lowest BCUT2D eigenvalue weighted by Gasteiger charge is -2.07. The molecule has 0 bridgehead atoms. The van der Waals surface area contributed by atoms with E-state index in [9.17, 15) is 13.2 Å². The molecule has 1 aromatic carbocycles. The lowest BCUT2D eigenvalue weighted by atomic mass is 10.2. The van der Waals surface area contributed by atoms with Crippen molar-refractivity contribution in [1.82, 2.24) is 4.37 Å². The van der Waals surface area contributed by atoms with Crippen molar-refractivity contribution in [3.05, 3.63) is 39.7 Å². The number of aromatic amines is 1. The smallest absolute Gasteiger partial charge is 0.278 e. The van der Waals surface area contributed by atoms with Crippen LogP contribution in [0.15, 0.2) is 27.9 Å². The van der Waals surface area contributed by atoms with Gasteiger partial charge >= 0.3 is 0 Å². The van der Waals surface area contributed by atoms with E-state index >= 15 is 0 Å². The highest BCUT2D eigenvalue weighted by molar-refractivity contribution is 7.90. The van der Waals surface area contributed by atoms with Crippen molar-refractivity contribution in [2.45, 2.75) is 11.8 Å². The maximum absolute atomic E-state index is 11.6. The third-order valence-corrected chi connectivity index (χ3v) is 4.44. The molecule has 0 amide bonds. The van der Waals surface area contributed by atoms with E-state index in [1.54, 1.807) is 19.1 Å². The highest BCUT2D eigenvalue weighted by Gasteiger charge is 2.13. The SMILES string of the molecule is Cc1cc(Nc2s[nH]c(=O)c2C#N)cc(S(C)(=O)=O)c1. The number of anilines is 2. The molecule has 20 heavy (non-hydrogen) atoms. The number of nitriles is 1. The number of sulfone groups is 1. The number of rotatable bonds is 3. The molecule has 0 aliphatic rings. The molecule has 0 atom stereocenters. The summed E-state index contributed by atoms with van der Waals surface area (Å²) < 4.78 is 25.6. The first-order valence-electron chi connectivity index (χ1n) is 5.51. The van der Waals surface area contributed by atoms with Gasteiger partial charge < -0.3 is 5.32 Å². The molecule has 1 aromatic heterocycles. The summed E-state index contributed by atoms with van der Waals surface area (Å²) in [6.07, 6.45) is 1.13. The van der Waals surface area contributed by atoms with Gasteiger partial charge in [-0.3, -0.25) is 9.17 Å². The van der Waals surface area contributed by atoms with Crippen molar-refractivity contribution in [3.63, 3.8) is 0 Å². The summed E-state index contributed by atoms with van der Waals surface area (Å²) >= 11 is 0.994. The Labute approximate surface area is 119 Å². The summed E-state index contributed by atoms with van der Waals surface area (Å²) in [7, 11) is -3.32. The molecule has 2 N–H and O–H groups in total. The second-order valence-electron chi connectivity index (χ2n) is 4.28. The van der Waals surface area contributed by atoms with Crippen molar-refractivity contribution in [2.75, 3.05) is 11.6 Å². The van der Waals surface area contributed by atoms with Crippen LogP contribution in [0, 0.1) is 18.3 Å². The lowest BCUT2D eigenvalue weighted by Crippen LogP contribution is -2.03. The number of nitrogens with one attached hydrogen (secondary N) is 2. The average Bonchev–Trinajstić information content (AvgIpc) is 2.68. The van der Waals surface area contributed by atoms with Gasteiger partial charge in [-0.05, 0) is 42.2 Å². The van der Waals surface area contributed by atoms with Gasteiger partial charge in [-0.25, -0.2) is 8.42 Å². The van der Waals surface area contributed by atoms with E-state index in [0.29, 0.717) is 10.7 Å². The Hall–Kier alpha value is -2.11. The Morgan fingerprint density at radius 2 is 2.05 bits per heavy atom. The number of hydrogen-bond donors (Lipinski definition) is 2. The molecule has 8 heteroatoms. The van der Waals surface area contributed by atoms with Crippen LogP contribution in [0.2, 0.25) is 0 Å². The third kappa shape index (κ3) is 2.89. The normalized spacial score (nSPS) is 11.1. The van der Waals surface area contributed by atoms with Crippen LogP contribution < -0.4 is 10.9 Å². The zero-order valence-electron chi connectivity index (χ0n) is 10.7. The van der Waals surface area contributed by atoms with Crippen LogP contribution in [0.5, 0.6) is 0 Å². The molecule has 2 rings (SSSR count). The van der Waals surface area contributed by atoms with Crippen LogP contribution in [-0.4, -0.2) is 19.0 Å². The fraction of sp³-hybridized carbons (Fsp3) is 0.167. The third-order valence-electron chi connectivity index (χ3n) is 2.55. The van der Waals surface area contributed by atoms with Gasteiger partial charge in [-0.15, -0.1) is 0 Å². The van der Waals surface area contributed by atoms with Gasteiger partial charge in [0.05, 0.1) is 4.90 Å². The number of nitrogens with zero attached hydrogens (tertiary/aromatic N) is 1. The molecule has 0 saturated carbocycles. The molecule has 0 spiro atoms. The summed E-state index contributed by atoms with van der Waals surface area (Å²) in [5.41, 5.74) is 0.794. The second-order valence-corrected chi connectivity index (χ2v) is 7.11. The number of aromatic nitrogens is 1. The predicted octanol–water partition coefficient (Wildman–Crippen LogP) is 1.76. The quantitative estimate of drug-likeness (QED) is 0.899. The summed E-state index contributed by atoms with van der Waals surface area (Å²) in [5.74, 6) is 0. The molecule has 1 heterocycles. The molecule has 2 aromatic rings. The zero-order chi connectivity index (χ0) is 14.9. The minimum absolute atomic E-state index is 0.0163. The number of benzene rings is 1. The van der Waals surface area contributed by atoms with E-state index in [2.05, 4.69) is 9.69 Å². The van der Waals surface area contributed by atoms with Crippen LogP contribution in [0.4, 0.5) is 10.7 Å². The average molecular weight is 309 g/mol. The van der Waals surface area contributed by atoms with Crippen LogP contribution in [0.3, 0.4) is 0 Å². The largest absolute Gasteiger partial charge is 0.345 e. The first-order valence-corrected chi connectivity index (χ1v) is 8.22. The lowest BCUT2D eigenvalue weighted by molar-refractivity contribution is 0.602. The Bertz CT molecular complexity index is 857. The minimum atomic E-state index is -3.32. The second kappa shape index (κ2) is 5.11. The molecule has 0 radical (unpaired) electrons. The molecule has 0 unspecified atom stereocenters. The predicted molar refractivity (Wildman–Crippen MR) is 77.2 cm³/mol. The summed E-state index contributed by atoms with van der Waals surface area (Å²) in [6, 6.07) is 6.57. The Balaban J connectivity index is 2.47. The van der Waals surface area contributed by atoms with E-state index in [1.165, 1.54) is 6.07 Å². The van der Waals surface area contributed by atoms with Crippen molar-refractivity contribution in [3.8, 4) is 6.07 Å². The van der Waals surface area contributed by atoms with Crippen LogP contribution >= 0.6 is 11.5 Å². The van der Waals surface area contributed by atoms with Crippen LogP contribution in [-0.2, 0) is 9.84 Å². The molecule has 0 aliphatic heterocycles. The van der Waals surface area contributed by atoms with Gasteiger partial charge in [0, 0.05) is 11.9 Å². The van der Waals surface area contributed by atoms with E-state index in [-0.39, 0.29) is 10.5 Å². The highest BCUT2D eigenvalue weighted by Crippen LogP contribution is 2.25. The Morgan fingerprint density at radius 1 is 1.35 bits per heavy atom. The van der Waals surface area contributed by atoms with Crippen molar-refractivity contribution >= 4 is 32.1 Å². The molecular weight excluding hydrogens is 298 g/mol. The Morgan fingerprint density at radius 3 is 2.65 bits per heavy atom. The van der Waals surface area contributed by atoms with Gasteiger partial charge in [0.2, 0.25) is 0 Å². The maximum Gasteiger partial charge on any atom is 0.278 e. The molecular formula is C12H11N3O3S2. The van der Waals surface area contributed by atoms with Gasteiger partial charge in [-0.1, -0.05) is 0 Å². The fourth-order valence-corrected chi connectivity index (χ4v) is 3.10. The van der Waals surface area contributed by atoms with Gasteiger partial charge in [0.15, 0.2) is 15.4 Å². The van der Waals surface area contributed by atoms with Gasteiger partial charge in [-0.2, -0.15) is 5.26 Å². The monoisotopic (exact) mass is 309 g/mol. The number of aryl methyl sites for hydroxylation is 1. The zero-order valence-corrected chi connectivity index (χ0v) is 12.4. The van der Waals surface area contributed by atoms with Gasteiger partial charge in [0.1, 0.15) is 11.1 Å². The topological polar surface area (TPSA) is 103 Å². The number of H-pyrrole nitrogens is 1. The molecule has 6 nitrogen and oxygen atoms in total. The van der Waals surface area contributed by atoms with Crippen LogP contribution in [0.25, 0.3) is 0 Å². The first kappa shape index (κ1) is 14.3. The summed E-state index contributed by atoms with van der Waals surface area (Å²) in [4.78, 5) is 11.5. The van der Waals surface area contributed by atoms with Crippen molar-refractivity contribution in [2.24, 2.45) is 0 Å². The van der Waals surface area contributed by atoms with Crippen molar-refractivity contribution < 1.29 is 8.42 Å². The van der Waals surface area contributed by atoms with E-state index in [4.69, 9.17) is 5.26 Å².